The van der Waals surface area contributed by atoms with E-state index in [0.29, 0.717) is 11.3 Å². The second-order valence-corrected chi connectivity index (χ2v) is 7.63. The second-order valence-electron chi connectivity index (χ2n) is 5.71. The van der Waals surface area contributed by atoms with Crippen molar-refractivity contribution in [2.24, 2.45) is 0 Å². The zero-order chi connectivity index (χ0) is 18.9. The molecule has 0 radical (unpaired) electrons. The average molecular weight is 379 g/mol. The summed E-state index contributed by atoms with van der Waals surface area (Å²) in [6.07, 6.45) is 0. The number of hydrogen-bond donors (Lipinski definition) is 1. The van der Waals surface area contributed by atoms with Gasteiger partial charge in [-0.2, -0.15) is 0 Å². The predicted octanol–water partition coefficient (Wildman–Crippen LogP) is 3.31. The number of rotatable bonds is 4. The van der Waals surface area contributed by atoms with Gasteiger partial charge in [-0.3, -0.25) is 4.79 Å². The van der Waals surface area contributed by atoms with Crippen molar-refractivity contribution in [1.82, 2.24) is 10.3 Å². The fourth-order valence-electron chi connectivity index (χ4n) is 2.67. The van der Waals surface area contributed by atoms with Crippen molar-refractivity contribution in [3.05, 3.63) is 78.4 Å². The molecule has 8 heteroatoms. The highest BCUT2D eigenvalue weighted by atomic mass is 32.2. The SMILES string of the molecule is O=C(Nc1ccc(S(=O)(=O)c2ccccc2)c2nonc12)c1ccccc1. The maximum atomic E-state index is 12.9. The van der Waals surface area contributed by atoms with Crippen molar-refractivity contribution < 1.29 is 17.8 Å². The Kier molecular flexibility index (Phi) is 4.17. The first-order valence-electron chi connectivity index (χ1n) is 7.99. The molecule has 0 spiro atoms. The number of carbonyl (C=O) groups excluding carboxylic acids is 1. The number of nitrogens with zero attached hydrogens (tertiary/aromatic N) is 2. The number of sulfone groups is 1. The number of carbonyl (C=O) groups is 1. The summed E-state index contributed by atoms with van der Waals surface area (Å²) >= 11 is 0. The van der Waals surface area contributed by atoms with Gasteiger partial charge in [-0.15, -0.1) is 0 Å². The molecule has 0 aliphatic heterocycles. The number of anilines is 1. The van der Waals surface area contributed by atoms with Crippen LogP contribution in [0.1, 0.15) is 10.4 Å². The summed E-state index contributed by atoms with van der Waals surface area (Å²) in [4.78, 5) is 12.5. The molecule has 0 aliphatic carbocycles. The molecule has 0 bridgehead atoms. The third-order valence-electron chi connectivity index (χ3n) is 4.01. The number of amides is 1. The lowest BCUT2D eigenvalue weighted by atomic mass is 10.2. The van der Waals surface area contributed by atoms with Crippen LogP contribution in [0.4, 0.5) is 5.69 Å². The van der Waals surface area contributed by atoms with E-state index in [0.717, 1.165) is 0 Å². The van der Waals surface area contributed by atoms with E-state index in [1.807, 2.05) is 0 Å². The first-order valence-corrected chi connectivity index (χ1v) is 9.47. The van der Waals surface area contributed by atoms with E-state index in [-0.39, 0.29) is 26.7 Å². The van der Waals surface area contributed by atoms with Crippen LogP contribution in [-0.4, -0.2) is 24.6 Å². The first kappa shape index (κ1) is 16.9. The Labute approximate surface area is 154 Å². The predicted molar refractivity (Wildman–Crippen MR) is 98.1 cm³/mol. The fourth-order valence-corrected chi connectivity index (χ4v) is 4.08. The van der Waals surface area contributed by atoms with E-state index in [1.54, 1.807) is 48.5 Å². The van der Waals surface area contributed by atoms with Gasteiger partial charge in [0.05, 0.1) is 10.6 Å². The van der Waals surface area contributed by atoms with E-state index in [2.05, 4.69) is 15.6 Å². The van der Waals surface area contributed by atoms with Crippen molar-refractivity contribution in [3.8, 4) is 0 Å². The highest BCUT2D eigenvalue weighted by molar-refractivity contribution is 7.91. The summed E-state index contributed by atoms with van der Waals surface area (Å²) in [5, 5.41) is 10.2. The van der Waals surface area contributed by atoms with Crippen LogP contribution < -0.4 is 5.32 Å². The van der Waals surface area contributed by atoms with Crippen LogP contribution in [0.5, 0.6) is 0 Å². The molecule has 0 saturated carbocycles. The largest absolute Gasteiger partial charge is 0.320 e. The molecule has 1 aromatic heterocycles. The molecule has 134 valence electrons. The molecule has 0 fully saturated rings. The van der Waals surface area contributed by atoms with Gasteiger partial charge in [0.2, 0.25) is 9.84 Å². The Bertz CT molecular complexity index is 1220. The summed E-state index contributed by atoms with van der Waals surface area (Å²) in [7, 11) is -3.81. The number of aromatic nitrogens is 2. The zero-order valence-corrected chi connectivity index (χ0v) is 14.7. The lowest BCUT2D eigenvalue weighted by Crippen LogP contribution is -2.12. The lowest BCUT2D eigenvalue weighted by Gasteiger charge is -2.08. The maximum absolute atomic E-state index is 12.9. The highest BCUT2D eigenvalue weighted by Crippen LogP contribution is 2.30. The average Bonchev–Trinajstić information content (AvgIpc) is 3.19. The van der Waals surface area contributed by atoms with Crippen LogP contribution in [0.2, 0.25) is 0 Å². The van der Waals surface area contributed by atoms with Gasteiger partial charge in [0, 0.05) is 5.56 Å². The van der Waals surface area contributed by atoms with E-state index in [4.69, 9.17) is 4.63 Å². The van der Waals surface area contributed by atoms with Gasteiger partial charge in [-0.05, 0) is 46.7 Å². The van der Waals surface area contributed by atoms with Crippen molar-refractivity contribution >= 4 is 32.5 Å². The van der Waals surface area contributed by atoms with Crippen molar-refractivity contribution in [1.29, 1.82) is 0 Å². The highest BCUT2D eigenvalue weighted by Gasteiger charge is 2.24. The van der Waals surface area contributed by atoms with E-state index in [1.165, 1.54) is 24.3 Å². The third kappa shape index (κ3) is 3.06. The van der Waals surface area contributed by atoms with Gasteiger partial charge in [-0.25, -0.2) is 13.0 Å². The molecule has 0 aliphatic rings. The Morgan fingerprint density at radius 2 is 1.44 bits per heavy atom. The van der Waals surface area contributed by atoms with Crippen LogP contribution >= 0.6 is 0 Å². The lowest BCUT2D eigenvalue weighted by molar-refractivity contribution is 0.102. The first-order chi connectivity index (χ1) is 13.1. The Morgan fingerprint density at radius 1 is 0.815 bits per heavy atom. The second kappa shape index (κ2) is 6.65. The van der Waals surface area contributed by atoms with Gasteiger partial charge in [-0.1, -0.05) is 36.4 Å². The standard InChI is InChI=1S/C19H13N3O4S/c23-19(13-7-3-1-4-8-13)20-15-11-12-16(18-17(15)21-26-22-18)27(24,25)14-9-5-2-6-10-14/h1-12H,(H,20,23). The molecule has 27 heavy (non-hydrogen) atoms. The summed E-state index contributed by atoms with van der Waals surface area (Å²) in [6.45, 7) is 0. The van der Waals surface area contributed by atoms with Gasteiger partial charge >= 0.3 is 0 Å². The monoisotopic (exact) mass is 379 g/mol. The topological polar surface area (TPSA) is 102 Å². The molecule has 0 atom stereocenters. The molecule has 4 rings (SSSR count). The molecule has 1 amide bonds. The summed E-state index contributed by atoms with van der Waals surface area (Å²) in [6, 6.07) is 19.5. The fraction of sp³-hybridized carbons (Fsp3) is 0. The van der Waals surface area contributed by atoms with Crippen LogP contribution in [0.25, 0.3) is 11.0 Å². The molecule has 4 aromatic rings. The van der Waals surface area contributed by atoms with Gasteiger partial charge in [0.1, 0.15) is 4.90 Å². The van der Waals surface area contributed by atoms with E-state index in [9.17, 15) is 13.2 Å². The number of benzene rings is 3. The Morgan fingerprint density at radius 3 is 2.15 bits per heavy atom. The molecule has 1 heterocycles. The molecule has 3 aromatic carbocycles. The van der Waals surface area contributed by atoms with E-state index >= 15 is 0 Å². The van der Waals surface area contributed by atoms with E-state index < -0.39 is 9.84 Å². The smallest absolute Gasteiger partial charge is 0.255 e. The minimum Gasteiger partial charge on any atom is -0.320 e. The van der Waals surface area contributed by atoms with Gasteiger partial charge in [0.25, 0.3) is 5.91 Å². The van der Waals surface area contributed by atoms with Gasteiger partial charge in [0.15, 0.2) is 11.0 Å². The number of nitrogens with one attached hydrogen (secondary N) is 1. The quantitative estimate of drug-likeness (QED) is 0.584. The van der Waals surface area contributed by atoms with Crippen molar-refractivity contribution in [2.75, 3.05) is 5.32 Å². The molecule has 1 N–H and O–H groups in total. The summed E-state index contributed by atoms with van der Waals surface area (Å²) < 4.78 is 30.6. The third-order valence-corrected chi connectivity index (χ3v) is 5.81. The summed E-state index contributed by atoms with van der Waals surface area (Å²) in [5.41, 5.74) is 0.996. The van der Waals surface area contributed by atoms with Crippen LogP contribution in [-0.2, 0) is 9.84 Å². The van der Waals surface area contributed by atoms with Crippen molar-refractivity contribution in [2.45, 2.75) is 9.79 Å². The maximum Gasteiger partial charge on any atom is 0.255 e. The summed E-state index contributed by atoms with van der Waals surface area (Å²) in [5.74, 6) is -0.349. The molecule has 7 nitrogen and oxygen atoms in total. The number of fused-ring (bicyclic) bond motifs is 1. The molecule has 0 unspecified atom stereocenters. The Hall–Kier alpha value is -3.52. The van der Waals surface area contributed by atoms with Gasteiger partial charge < -0.3 is 5.32 Å². The molecular weight excluding hydrogens is 366 g/mol. The minimum atomic E-state index is -3.81. The number of hydrogen-bond acceptors (Lipinski definition) is 6. The normalized spacial score (nSPS) is 11.4. The van der Waals surface area contributed by atoms with Crippen LogP contribution in [0.3, 0.4) is 0 Å². The molecular formula is C19H13N3O4S. The van der Waals surface area contributed by atoms with Crippen molar-refractivity contribution in [3.63, 3.8) is 0 Å². The molecule has 0 saturated heterocycles. The van der Waals surface area contributed by atoms with Crippen LogP contribution in [0.15, 0.2) is 87.2 Å². The minimum absolute atomic E-state index is 0.0392. The van der Waals surface area contributed by atoms with Crippen LogP contribution in [0, 0.1) is 0 Å². The Balaban J connectivity index is 1.77. The zero-order valence-electron chi connectivity index (χ0n) is 13.9.